The molecule has 0 spiro atoms. The molecule has 6 heteroatoms. The second kappa shape index (κ2) is 8.98. The van der Waals surface area contributed by atoms with Gasteiger partial charge in [0.05, 0.1) is 25.2 Å². The summed E-state index contributed by atoms with van der Waals surface area (Å²) < 4.78 is 10.7. The number of aliphatic imine (C=N–C) groups is 1. The van der Waals surface area contributed by atoms with Crippen molar-refractivity contribution in [3.05, 3.63) is 0 Å². The summed E-state index contributed by atoms with van der Waals surface area (Å²) in [4.78, 5) is 18.8. The number of hydrogen-bond acceptors (Lipinski definition) is 4. The molecule has 0 bridgehead atoms. The van der Waals surface area contributed by atoms with E-state index in [-0.39, 0.29) is 18.0 Å². The number of hydrogen-bond donors (Lipinski definition) is 1. The van der Waals surface area contributed by atoms with E-state index in [1.54, 1.807) is 0 Å². The van der Waals surface area contributed by atoms with Crippen molar-refractivity contribution < 1.29 is 14.3 Å². The first-order valence-electron chi connectivity index (χ1n) is 8.56. The van der Waals surface area contributed by atoms with E-state index in [4.69, 9.17) is 14.5 Å². The Hall–Kier alpha value is -1.30. The lowest BCUT2D eigenvalue weighted by Crippen LogP contribution is -2.47. The fourth-order valence-electron chi connectivity index (χ4n) is 2.99. The Morgan fingerprint density at radius 1 is 1.32 bits per heavy atom. The van der Waals surface area contributed by atoms with Gasteiger partial charge in [-0.3, -0.25) is 9.79 Å². The van der Waals surface area contributed by atoms with Gasteiger partial charge < -0.3 is 19.7 Å². The lowest BCUT2D eigenvalue weighted by molar-refractivity contribution is -0.149. The van der Waals surface area contributed by atoms with Gasteiger partial charge in [-0.15, -0.1) is 0 Å². The van der Waals surface area contributed by atoms with Crippen LogP contribution in [0.5, 0.6) is 0 Å². The number of guanidine groups is 1. The summed E-state index contributed by atoms with van der Waals surface area (Å²) in [6, 6.07) is 0. The smallest absolute Gasteiger partial charge is 0.309 e. The maximum absolute atomic E-state index is 11.8. The molecule has 2 aliphatic heterocycles. The molecule has 2 saturated heterocycles. The Kier molecular flexibility index (Phi) is 6.96. The van der Waals surface area contributed by atoms with Crippen LogP contribution in [0.15, 0.2) is 4.99 Å². The van der Waals surface area contributed by atoms with E-state index in [1.807, 2.05) is 6.92 Å². The molecule has 2 heterocycles. The minimum atomic E-state index is -0.0524. The van der Waals surface area contributed by atoms with Gasteiger partial charge in [0.25, 0.3) is 0 Å². The average Bonchev–Trinajstić information content (AvgIpc) is 3.05. The van der Waals surface area contributed by atoms with Crippen LogP contribution in [0.2, 0.25) is 0 Å². The zero-order valence-corrected chi connectivity index (χ0v) is 13.8. The van der Waals surface area contributed by atoms with E-state index in [9.17, 15) is 4.79 Å². The van der Waals surface area contributed by atoms with Gasteiger partial charge in [0.2, 0.25) is 0 Å². The number of ether oxygens (including phenoxy) is 2. The first kappa shape index (κ1) is 17.1. The number of esters is 1. The third kappa shape index (κ3) is 4.87. The van der Waals surface area contributed by atoms with Crippen LogP contribution in [0.4, 0.5) is 0 Å². The summed E-state index contributed by atoms with van der Waals surface area (Å²) in [6.45, 7) is 8.52. The van der Waals surface area contributed by atoms with E-state index in [1.165, 1.54) is 0 Å². The number of rotatable bonds is 5. The maximum atomic E-state index is 11.8. The summed E-state index contributed by atoms with van der Waals surface area (Å²) in [5.74, 6) is 0.931. The zero-order valence-electron chi connectivity index (χ0n) is 13.8. The highest BCUT2D eigenvalue weighted by Gasteiger charge is 2.27. The minimum Gasteiger partial charge on any atom is -0.466 e. The van der Waals surface area contributed by atoms with E-state index in [0.717, 1.165) is 64.4 Å². The Morgan fingerprint density at radius 2 is 2.09 bits per heavy atom. The molecule has 2 aliphatic rings. The largest absolute Gasteiger partial charge is 0.466 e. The molecule has 0 aromatic heterocycles. The Morgan fingerprint density at radius 3 is 2.68 bits per heavy atom. The molecule has 0 radical (unpaired) electrons. The van der Waals surface area contributed by atoms with Crippen LogP contribution in [-0.4, -0.2) is 62.3 Å². The quantitative estimate of drug-likeness (QED) is 0.472. The third-order valence-corrected chi connectivity index (χ3v) is 4.22. The predicted molar refractivity (Wildman–Crippen MR) is 85.9 cm³/mol. The molecule has 1 atom stereocenters. The Bertz CT molecular complexity index is 373. The van der Waals surface area contributed by atoms with E-state index in [2.05, 4.69) is 17.1 Å². The molecule has 0 aromatic carbocycles. The number of nitrogens with zero attached hydrogens (tertiary/aromatic N) is 2. The fraction of sp³-hybridized carbons (Fsp3) is 0.875. The normalized spacial score (nSPS) is 23.6. The highest BCUT2D eigenvalue weighted by molar-refractivity contribution is 5.80. The van der Waals surface area contributed by atoms with Crippen molar-refractivity contribution in [1.29, 1.82) is 0 Å². The molecule has 0 saturated carbocycles. The summed E-state index contributed by atoms with van der Waals surface area (Å²) in [5, 5.41) is 3.35. The van der Waals surface area contributed by atoms with Crippen LogP contribution in [0.1, 0.15) is 39.5 Å². The van der Waals surface area contributed by atoms with Crippen LogP contribution in [0.25, 0.3) is 0 Å². The van der Waals surface area contributed by atoms with Gasteiger partial charge in [-0.25, -0.2) is 0 Å². The first-order chi connectivity index (χ1) is 10.7. The van der Waals surface area contributed by atoms with Crippen LogP contribution >= 0.6 is 0 Å². The molecular formula is C16H29N3O3. The standard InChI is InChI=1S/C16H29N3O3/c1-3-17-16(18-12-14-6-5-11-22-14)19-9-7-13(8-10-19)15(20)21-4-2/h13-14H,3-12H2,1-2H3,(H,17,18). The van der Waals surface area contributed by atoms with E-state index < -0.39 is 0 Å². The van der Waals surface area contributed by atoms with Crippen LogP contribution in [-0.2, 0) is 14.3 Å². The van der Waals surface area contributed by atoms with Gasteiger partial charge in [0.15, 0.2) is 5.96 Å². The third-order valence-electron chi connectivity index (χ3n) is 4.22. The number of likely N-dealkylation sites (tertiary alicyclic amines) is 1. The molecule has 22 heavy (non-hydrogen) atoms. The highest BCUT2D eigenvalue weighted by atomic mass is 16.5. The molecule has 2 rings (SSSR count). The van der Waals surface area contributed by atoms with Gasteiger partial charge >= 0.3 is 5.97 Å². The summed E-state index contributed by atoms with van der Waals surface area (Å²) >= 11 is 0. The lowest BCUT2D eigenvalue weighted by atomic mass is 9.97. The molecule has 1 N–H and O–H groups in total. The number of carbonyl (C=O) groups is 1. The second-order valence-corrected chi connectivity index (χ2v) is 5.84. The monoisotopic (exact) mass is 311 g/mol. The van der Waals surface area contributed by atoms with Gasteiger partial charge in [-0.05, 0) is 39.5 Å². The average molecular weight is 311 g/mol. The summed E-state index contributed by atoms with van der Waals surface area (Å²) in [5.41, 5.74) is 0. The van der Waals surface area contributed by atoms with Crippen LogP contribution < -0.4 is 5.32 Å². The Labute approximate surface area is 133 Å². The molecule has 126 valence electrons. The zero-order chi connectivity index (χ0) is 15.8. The van der Waals surface area contributed by atoms with Crippen LogP contribution in [0, 0.1) is 5.92 Å². The van der Waals surface area contributed by atoms with Crippen molar-refractivity contribution >= 4 is 11.9 Å². The van der Waals surface area contributed by atoms with Gasteiger partial charge in [0.1, 0.15) is 0 Å². The summed E-state index contributed by atoms with van der Waals surface area (Å²) in [7, 11) is 0. The Balaban J connectivity index is 1.84. The molecule has 6 nitrogen and oxygen atoms in total. The van der Waals surface area contributed by atoms with E-state index in [0.29, 0.717) is 6.61 Å². The summed E-state index contributed by atoms with van der Waals surface area (Å²) in [6.07, 6.45) is 4.19. The number of nitrogens with one attached hydrogen (secondary N) is 1. The number of carbonyl (C=O) groups excluding carboxylic acids is 1. The highest BCUT2D eigenvalue weighted by Crippen LogP contribution is 2.19. The molecule has 0 aromatic rings. The SMILES string of the molecule is CCNC(=NCC1CCCO1)N1CCC(C(=O)OCC)CC1. The predicted octanol–water partition coefficient (Wildman–Crippen LogP) is 1.41. The minimum absolute atomic E-state index is 0.0391. The number of piperidine rings is 1. The topological polar surface area (TPSA) is 63.2 Å². The molecule has 1 unspecified atom stereocenters. The van der Waals surface area contributed by atoms with Gasteiger partial charge in [0, 0.05) is 26.2 Å². The second-order valence-electron chi connectivity index (χ2n) is 5.84. The first-order valence-corrected chi connectivity index (χ1v) is 8.56. The molecule has 0 aliphatic carbocycles. The maximum Gasteiger partial charge on any atom is 0.309 e. The van der Waals surface area contributed by atoms with Crippen molar-refractivity contribution in [2.24, 2.45) is 10.9 Å². The van der Waals surface area contributed by atoms with Crippen molar-refractivity contribution in [3.8, 4) is 0 Å². The fourth-order valence-corrected chi connectivity index (χ4v) is 2.99. The molecule has 0 amide bonds. The van der Waals surface area contributed by atoms with Gasteiger partial charge in [-0.2, -0.15) is 0 Å². The van der Waals surface area contributed by atoms with Crippen molar-refractivity contribution in [2.75, 3.05) is 39.4 Å². The lowest BCUT2D eigenvalue weighted by Gasteiger charge is -2.33. The van der Waals surface area contributed by atoms with E-state index >= 15 is 0 Å². The van der Waals surface area contributed by atoms with Crippen molar-refractivity contribution in [3.63, 3.8) is 0 Å². The van der Waals surface area contributed by atoms with Crippen LogP contribution in [0.3, 0.4) is 0 Å². The molecular weight excluding hydrogens is 282 g/mol. The van der Waals surface area contributed by atoms with Gasteiger partial charge in [-0.1, -0.05) is 0 Å². The van der Waals surface area contributed by atoms with Crippen molar-refractivity contribution in [1.82, 2.24) is 10.2 Å². The molecule has 2 fully saturated rings. The van der Waals surface area contributed by atoms with Crippen molar-refractivity contribution in [2.45, 2.75) is 45.6 Å².